The minimum absolute atomic E-state index is 0.130. The highest BCUT2D eigenvalue weighted by Gasteiger charge is 2.11. The SMILES string of the molecule is COC(C)C(=O)NCc1cnn(-c2ccccc2)c1. The minimum atomic E-state index is -0.441. The van der Waals surface area contributed by atoms with E-state index in [2.05, 4.69) is 10.4 Å². The summed E-state index contributed by atoms with van der Waals surface area (Å²) in [5.41, 5.74) is 1.94. The van der Waals surface area contributed by atoms with Gasteiger partial charge in [-0.2, -0.15) is 5.10 Å². The number of carbonyl (C=O) groups excluding carboxylic acids is 1. The lowest BCUT2D eigenvalue weighted by Gasteiger charge is -2.09. The van der Waals surface area contributed by atoms with E-state index in [1.165, 1.54) is 7.11 Å². The van der Waals surface area contributed by atoms with Crippen LogP contribution in [0.2, 0.25) is 0 Å². The molecule has 0 radical (unpaired) electrons. The summed E-state index contributed by atoms with van der Waals surface area (Å²) in [7, 11) is 1.51. The molecule has 100 valence electrons. The number of methoxy groups -OCH3 is 1. The van der Waals surface area contributed by atoms with E-state index in [0.29, 0.717) is 6.54 Å². The fourth-order valence-electron chi connectivity index (χ4n) is 1.61. The first kappa shape index (κ1) is 13.3. The number of ether oxygens (including phenoxy) is 1. The second kappa shape index (κ2) is 6.15. The van der Waals surface area contributed by atoms with Gasteiger partial charge in [-0.25, -0.2) is 4.68 Å². The van der Waals surface area contributed by atoms with Crippen molar-refractivity contribution in [3.63, 3.8) is 0 Å². The molecule has 2 rings (SSSR count). The van der Waals surface area contributed by atoms with Gasteiger partial charge in [0.05, 0.1) is 11.9 Å². The van der Waals surface area contributed by atoms with Gasteiger partial charge in [-0.05, 0) is 19.1 Å². The van der Waals surface area contributed by atoms with Crippen molar-refractivity contribution in [3.05, 3.63) is 48.3 Å². The molecule has 0 aliphatic carbocycles. The van der Waals surface area contributed by atoms with Crippen molar-refractivity contribution in [1.82, 2.24) is 15.1 Å². The van der Waals surface area contributed by atoms with Gasteiger partial charge in [-0.3, -0.25) is 4.79 Å². The molecule has 1 amide bonds. The maximum atomic E-state index is 11.6. The van der Waals surface area contributed by atoms with Crippen molar-refractivity contribution in [2.75, 3.05) is 7.11 Å². The molecule has 19 heavy (non-hydrogen) atoms. The Morgan fingerprint density at radius 3 is 2.84 bits per heavy atom. The van der Waals surface area contributed by atoms with Gasteiger partial charge in [0.2, 0.25) is 5.91 Å². The summed E-state index contributed by atoms with van der Waals surface area (Å²) in [4.78, 5) is 11.6. The third-order valence-corrected chi connectivity index (χ3v) is 2.85. The van der Waals surface area contributed by atoms with E-state index in [4.69, 9.17) is 4.74 Å². The zero-order chi connectivity index (χ0) is 13.7. The summed E-state index contributed by atoms with van der Waals surface area (Å²) in [5, 5.41) is 7.06. The Kier molecular flexibility index (Phi) is 4.30. The molecule has 0 spiro atoms. The summed E-state index contributed by atoms with van der Waals surface area (Å²) >= 11 is 0. The Balaban J connectivity index is 1.97. The Hall–Kier alpha value is -2.14. The van der Waals surface area contributed by atoms with Gasteiger partial charge in [-0.15, -0.1) is 0 Å². The van der Waals surface area contributed by atoms with E-state index in [-0.39, 0.29) is 5.91 Å². The quantitative estimate of drug-likeness (QED) is 0.885. The molecule has 1 aromatic heterocycles. The van der Waals surface area contributed by atoms with Crippen LogP contribution in [0.3, 0.4) is 0 Å². The Morgan fingerprint density at radius 2 is 2.16 bits per heavy atom. The fraction of sp³-hybridized carbons (Fsp3) is 0.286. The summed E-state index contributed by atoms with van der Waals surface area (Å²) in [5.74, 6) is -0.130. The predicted octanol–water partition coefficient (Wildman–Crippen LogP) is 1.52. The van der Waals surface area contributed by atoms with Gasteiger partial charge in [0.1, 0.15) is 6.10 Å². The van der Waals surface area contributed by atoms with Crippen molar-refractivity contribution in [2.45, 2.75) is 19.6 Å². The van der Waals surface area contributed by atoms with Gasteiger partial charge in [0.25, 0.3) is 0 Å². The average molecular weight is 259 g/mol. The normalized spacial score (nSPS) is 12.1. The zero-order valence-corrected chi connectivity index (χ0v) is 11.0. The number of hydrogen-bond acceptors (Lipinski definition) is 3. The van der Waals surface area contributed by atoms with Crippen LogP contribution < -0.4 is 5.32 Å². The van der Waals surface area contributed by atoms with Crippen molar-refractivity contribution >= 4 is 5.91 Å². The van der Waals surface area contributed by atoms with Crippen LogP contribution >= 0.6 is 0 Å². The maximum Gasteiger partial charge on any atom is 0.249 e. The lowest BCUT2D eigenvalue weighted by atomic mass is 10.3. The van der Waals surface area contributed by atoms with Crippen molar-refractivity contribution in [1.29, 1.82) is 0 Å². The molecule has 2 aromatic rings. The number of hydrogen-bond donors (Lipinski definition) is 1. The molecule has 1 aromatic carbocycles. The molecule has 5 heteroatoms. The Labute approximate surface area is 112 Å². The first-order valence-electron chi connectivity index (χ1n) is 6.10. The fourth-order valence-corrected chi connectivity index (χ4v) is 1.61. The number of aromatic nitrogens is 2. The molecule has 0 aliphatic heterocycles. The topological polar surface area (TPSA) is 56.1 Å². The first-order chi connectivity index (χ1) is 9.20. The molecular formula is C14H17N3O2. The molecule has 0 saturated heterocycles. The summed E-state index contributed by atoms with van der Waals surface area (Å²) in [6, 6.07) is 9.82. The van der Waals surface area contributed by atoms with Crippen LogP contribution in [0.15, 0.2) is 42.7 Å². The van der Waals surface area contributed by atoms with E-state index in [1.807, 2.05) is 36.5 Å². The van der Waals surface area contributed by atoms with Gasteiger partial charge in [0, 0.05) is 25.4 Å². The highest BCUT2D eigenvalue weighted by Crippen LogP contribution is 2.07. The molecule has 5 nitrogen and oxygen atoms in total. The van der Waals surface area contributed by atoms with E-state index >= 15 is 0 Å². The number of nitrogens with one attached hydrogen (secondary N) is 1. The second-order valence-electron chi connectivity index (χ2n) is 4.22. The molecule has 1 atom stereocenters. The number of carbonyl (C=O) groups is 1. The Morgan fingerprint density at radius 1 is 1.42 bits per heavy atom. The van der Waals surface area contributed by atoms with Gasteiger partial charge < -0.3 is 10.1 Å². The van der Waals surface area contributed by atoms with Gasteiger partial charge in [-0.1, -0.05) is 18.2 Å². The van der Waals surface area contributed by atoms with E-state index in [1.54, 1.807) is 17.8 Å². The second-order valence-corrected chi connectivity index (χ2v) is 4.22. The van der Waals surface area contributed by atoms with Crippen LogP contribution in [0.5, 0.6) is 0 Å². The molecule has 1 unspecified atom stereocenters. The smallest absolute Gasteiger partial charge is 0.249 e. The average Bonchev–Trinajstić information content (AvgIpc) is 2.93. The Bertz CT molecular complexity index is 537. The first-order valence-corrected chi connectivity index (χ1v) is 6.10. The van der Waals surface area contributed by atoms with Gasteiger partial charge in [0.15, 0.2) is 0 Å². The summed E-state index contributed by atoms with van der Waals surface area (Å²) < 4.78 is 6.72. The van der Waals surface area contributed by atoms with Crippen LogP contribution in [0.4, 0.5) is 0 Å². The molecule has 0 fully saturated rings. The lowest BCUT2D eigenvalue weighted by molar-refractivity contribution is -0.130. The van der Waals surface area contributed by atoms with Crippen LogP contribution in [0, 0.1) is 0 Å². The number of benzene rings is 1. The van der Waals surface area contributed by atoms with Crippen molar-refractivity contribution in [2.24, 2.45) is 0 Å². The molecule has 0 saturated carbocycles. The molecular weight excluding hydrogens is 242 g/mol. The third-order valence-electron chi connectivity index (χ3n) is 2.85. The number of amides is 1. The number of rotatable bonds is 5. The molecule has 0 aliphatic rings. The number of nitrogens with zero attached hydrogens (tertiary/aromatic N) is 2. The zero-order valence-electron chi connectivity index (χ0n) is 11.0. The monoisotopic (exact) mass is 259 g/mol. The van der Waals surface area contributed by atoms with Crippen LogP contribution in [0.1, 0.15) is 12.5 Å². The molecule has 1 heterocycles. The summed E-state index contributed by atoms with van der Waals surface area (Å²) in [6.45, 7) is 2.15. The van der Waals surface area contributed by atoms with E-state index in [9.17, 15) is 4.79 Å². The summed E-state index contributed by atoms with van der Waals surface area (Å²) in [6.07, 6.45) is 3.20. The third kappa shape index (κ3) is 3.42. The lowest BCUT2D eigenvalue weighted by Crippen LogP contribution is -2.33. The number of para-hydroxylation sites is 1. The molecule has 0 bridgehead atoms. The van der Waals surface area contributed by atoms with Crippen molar-refractivity contribution in [3.8, 4) is 5.69 Å². The van der Waals surface area contributed by atoms with Crippen molar-refractivity contribution < 1.29 is 9.53 Å². The predicted molar refractivity (Wildman–Crippen MR) is 71.9 cm³/mol. The van der Waals surface area contributed by atoms with E-state index in [0.717, 1.165) is 11.3 Å². The minimum Gasteiger partial charge on any atom is -0.372 e. The highest BCUT2D eigenvalue weighted by molar-refractivity contribution is 5.80. The largest absolute Gasteiger partial charge is 0.372 e. The molecule has 1 N–H and O–H groups in total. The highest BCUT2D eigenvalue weighted by atomic mass is 16.5. The maximum absolute atomic E-state index is 11.6. The van der Waals surface area contributed by atoms with Crippen LogP contribution in [0.25, 0.3) is 5.69 Å². The van der Waals surface area contributed by atoms with Crippen LogP contribution in [-0.2, 0) is 16.1 Å². The van der Waals surface area contributed by atoms with Gasteiger partial charge >= 0.3 is 0 Å². The standard InChI is InChI=1S/C14H17N3O2/c1-11(19-2)14(18)15-8-12-9-16-17(10-12)13-6-4-3-5-7-13/h3-7,9-11H,8H2,1-2H3,(H,15,18). The van der Waals surface area contributed by atoms with Crippen LogP contribution in [-0.4, -0.2) is 28.9 Å². The van der Waals surface area contributed by atoms with E-state index < -0.39 is 6.10 Å².